The molecule has 1 rings (SSSR count). The molecule has 2 nitrogen and oxygen atoms in total. The zero-order valence-electron chi connectivity index (χ0n) is 14.4. The molecule has 1 aliphatic rings. The van der Waals surface area contributed by atoms with Crippen LogP contribution in [0.25, 0.3) is 0 Å². The van der Waals surface area contributed by atoms with Crippen molar-refractivity contribution >= 4 is 5.78 Å². The molecule has 1 saturated carbocycles. The van der Waals surface area contributed by atoms with Crippen molar-refractivity contribution < 1.29 is 9.53 Å². The lowest BCUT2D eigenvalue weighted by Gasteiger charge is -2.25. The van der Waals surface area contributed by atoms with Gasteiger partial charge in [-0.1, -0.05) is 64.7 Å². The number of ether oxygens (including phenoxy) is 1. The highest BCUT2D eigenvalue weighted by Gasteiger charge is 2.40. The average Bonchev–Trinajstić information content (AvgIpc) is 2.99. The molecule has 1 fully saturated rings. The number of ketones is 1. The number of carbonyl (C=O) groups is 1. The molecule has 0 aromatic rings. The fraction of sp³-hybridized carbons (Fsp3) is 0.947. The Kier molecular flexibility index (Phi) is 9.99. The third kappa shape index (κ3) is 6.95. The second-order valence-electron chi connectivity index (χ2n) is 6.76. The maximum absolute atomic E-state index is 12.3. The van der Waals surface area contributed by atoms with E-state index in [1.807, 2.05) is 0 Å². The Morgan fingerprint density at radius 2 is 1.33 bits per heavy atom. The van der Waals surface area contributed by atoms with Crippen LogP contribution in [-0.2, 0) is 9.53 Å². The molecule has 0 aliphatic heterocycles. The van der Waals surface area contributed by atoms with Crippen LogP contribution in [0, 0.1) is 0 Å². The van der Waals surface area contributed by atoms with Gasteiger partial charge in [0.15, 0.2) is 5.78 Å². The van der Waals surface area contributed by atoms with Crippen molar-refractivity contribution in [3.63, 3.8) is 0 Å². The summed E-state index contributed by atoms with van der Waals surface area (Å²) in [4.78, 5) is 12.3. The third-order valence-corrected chi connectivity index (χ3v) is 5.07. The summed E-state index contributed by atoms with van der Waals surface area (Å²) in [7, 11) is 1.71. The van der Waals surface area contributed by atoms with E-state index in [1.165, 1.54) is 57.8 Å². The number of hydrogen-bond acceptors (Lipinski definition) is 2. The molecule has 0 bridgehead atoms. The summed E-state index contributed by atoms with van der Waals surface area (Å²) in [6, 6.07) is 0. The second kappa shape index (κ2) is 11.2. The van der Waals surface area contributed by atoms with Crippen LogP contribution in [-0.4, -0.2) is 18.5 Å². The van der Waals surface area contributed by atoms with Gasteiger partial charge in [-0.25, -0.2) is 0 Å². The van der Waals surface area contributed by atoms with Crippen molar-refractivity contribution in [1.29, 1.82) is 0 Å². The van der Waals surface area contributed by atoms with E-state index in [0.29, 0.717) is 5.78 Å². The van der Waals surface area contributed by atoms with Gasteiger partial charge in [0.05, 0.1) is 0 Å². The number of Topliss-reactive ketones (excluding diaryl/α,β-unsaturated/α-hetero) is 1. The van der Waals surface area contributed by atoms with Crippen LogP contribution in [0.3, 0.4) is 0 Å². The zero-order chi connectivity index (χ0) is 15.4. The van der Waals surface area contributed by atoms with Crippen molar-refractivity contribution in [3.05, 3.63) is 0 Å². The van der Waals surface area contributed by atoms with E-state index in [9.17, 15) is 4.79 Å². The van der Waals surface area contributed by atoms with Gasteiger partial charge in [-0.3, -0.25) is 4.79 Å². The van der Waals surface area contributed by atoms with Crippen LogP contribution in [0.5, 0.6) is 0 Å². The van der Waals surface area contributed by atoms with E-state index in [1.54, 1.807) is 7.11 Å². The summed E-state index contributed by atoms with van der Waals surface area (Å²) < 4.78 is 5.55. The topological polar surface area (TPSA) is 26.3 Å². The number of carbonyl (C=O) groups excluding carboxylic acids is 1. The normalized spacial score (nSPS) is 17.2. The SMILES string of the molecule is CCCCCCCCCCCCC(=O)C1(OC)CCCC1. The first-order valence-electron chi connectivity index (χ1n) is 9.33. The second-order valence-corrected chi connectivity index (χ2v) is 6.76. The van der Waals surface area contributed by atoms with Gasteiger partial charge in [-0.05, 0) is 32.1 Å². The minimum atomic E-state index is -0.403. The Bertz CT molecular complexity index is 267. The fourth-order valence-electron chi connectivity index (χ4n) is 3.54. The average molecular weight is 296 g/mol. The molecule has 0 radical (unpaired) electrons. The molecular formula is C19H36O2. The third-order valence-electron chi connectivity index (χ3n) is 5.07. The Morgan fingerprint density at radius 3 is 1.81 bits per heavy atom. The Labute approximate surface area is 132 Å². The van der Waals surface area contributed by atoms with E-state index >= 15 is 0 Å². The Hall–Kier alpha value is -0.370. The summed E-state index contributed by atoms with van der Waals surface area (Å²) in [6.07, 6.45) is 18.1. The molecule has 0 aromatic heterocycles. The van der Waals surface area contributed by atoms with Crippen molar-refractivity contribution in [2.24, 2.45) is 0 Å². The zero-order valence-corrected chi connectivity index (χ0v) is 14.4. The summed E-state index contributed by atoms with van der Waals surface area (Å²) in [6.45, 7) is 2.26. The summed E-state index contributed by atoms with van der Waals surface area (Å²) in [5.41, 5.74) is -0.403. The van der Waals surface area contributed by atoms with E-state index in [0.717, 1.165) is 38.5 Å². The highest BCUT2D eigenvalue weighted by molar-refractivity contribution is 5.87. The molecule has 21 heavy (non-hydrogen) atoms. The molecule has 0 spiro atoms. The highest BCUT2D eigenvalue weighted by atomic mass is 16.5. The molecule has 0 aromatic carbocycles. The molecule has 0 amide bonds. The lowest BCUT2D eigenvalue weighted by molar-refractivity contribution is -0.140. The molecule has 0 saturated heterocycles. The van der Waals surface area contributed by atoms with Crippen molar-refractivity contribution in [2.45, 2.75) is 109 Å². The molecule has 0 atom stereocenters. The summed E-state index contributed by atoms with van der Waals surface area (Å²) >= 11 is 0. The van der Waals surface area contributed by atoms with Gasteiger partial charge in [-0.15, -0.1) is 0 Å². The minimum Gasteiger partial charge on any atom is -0.370 e. The maximum Gasteiger partial charge on any atom is 0.164 e. The summed E-state index contributed by atoms with van der Waals surface area (Å²) in [5, 5.41) is 0. The molecule has 124 valence electrons. The first-order chi connectivity index (χ1) is 10.2. The fourth-order valence-corrected chi connectivity index (χ4v) is 3.54. The Balaban J connectivity index is 1.95. The molecule has 0 N–H and O–H groups in total. The minimum absolute atomic E-state index is 0.363. The lowest BCUT2D eigenvalue weighted by atomic mass is 9.92. The van der Waals surface area contributed by atoms with Crippen LogP contribution in [0.15, 0.2) is 0 Å². The quantitative estimate of drug-likeness (QED) is 0.400. The van der Waals surface area contributed by atoms with Crippen molar-refractivity contribution in [3.8, 4) is 0 Å². The molecular weight excluding hydrogens is 260 g/mol. The van der Waals surface area contributed by atoms with E-state index in [2.05, 4.69) is 6.92 Å². The lowest BCUT2D eigenvalue weighted by Crippen LogP contribution is -2.37. The van der Waals surface area contributed by atoms with Gasteiger partial charge in [0.2, 0.25) is 0 Å². The molecule has 2 heteroatoms. The van der Waals surface area contributed by atoms with Crippen LogP contribution in [0.2, 0.25) is 0 Å². The highest BCUT2D eigenvalue weighted by Crippen LogP contribution is 2.34. The number of methoxy groups -OCH3 is 1. The van der Waals surface area contributed by atoms with Crippen LogP contribution >= 0.6 is 0 Å². The number of hydrogen-bond donors (Lipinski definition) is 0. The first-order valence-corrected chi connectivity index (χ1v) is 9.33. The van der Waals surface area contributed by atoms with Gasteiger partial charge in [0.25, 0.3) is 0 Å². The predicted molar refractivity (Wildman–Crippen MR) is 89.7 cm³/mol. The standard InChI is InChI=1S/C19H36O2/c1-3-4-5-6-7-8-9-10-11-12-15-18(20)19(21-2)16-13-14-17-19/h3-17H2,1-2H3. The maximum atomic E-state index is 12.3. The van der Waals surface area contributed by atoms with Crippen LogP contribution in [0.4, 0.5) is 0 Å². The smallest absolute Gasteiger partial charge is 0.164 e. The molecule has 1 aliphatic carbocycles. The largest absolute Gasteiger partial charge is 0.370 e. The van der Waals surface area contributed by atoms with Gasteiger partial charge in [0.1, 0.15) is 5.60 Å². The van der Waals surface area contributed by atoms with E-state index < -0.39 is 5.60 Å². The number of unbranched alkanes of at least 4 members (excludes halogenated alkanes) is 9. The van der Waals surface area contributed by atoms with Crippen LogP contribution < -0.4 is 0 Å². The summed E-state index contributed by atoms with van der Waals surface area (Å²) in [5.74, 6) is 0.363. The van der Waals surface area contributed by atoms with Crippen LogP contribution in [0.1, 0.15) is 103 Å². The van der Waals surface area contributed by atoms with Gasteiger partial charge < -0.3 is 4.74 Å². The predicted octanol–water partition coefficient (Wildman–Crippen LogP) is 5.83. The van der Waals surface area contributed by atoms with E-state index in [4.69, 9.17) is 4.74 Å². The van der Waals surface area contributed by atoms with Crippen molar-refractivity contribution in [1.82, 2.24) is 0 Å². The van der Waals surface area contributed by atoms with Crippen molar-refractivity contribution in [2.75, 3.05) is 7.11 Å². The van der Waals surface area contributed by atoms with E-state index in [-0.39, 0.29) is 0 Å². The number of rotatable bonds is 13. The van der Waals surface area contributed by atoms with Gasteiger partial charge >= 0.3 is 0 Å². The van der Waals surface area contributed by atoms with Gasteiger partial charge in [0, 0.05) is 13.5 Å². The monoisotopic (exact) mass is 296 g/mol. The van der Waals surface area contributed by atoms with Gasteiger partial charge in [-0.2, -0.15) is 0 Å². The molecule has 0 heterocycles. The molecule has 0 unspecified atom stereocenters. The Morgan fingerprint density at radius 1 is 0.857 bits per heavy atom. The first kappa shape index (κ1) is 18.7.